The van der Waals surface area contributed by atoms with Crippen molar-refractivity contribution in [2.24, 2.45) is 5.92 Å². The molecule has 0 aliphatic carbocycles. The molecule has 0 saturated carbocycles. The van der Waals surface area contributed by atoms with Gasteiger partial charge in [-0.2, -0.15) is 0 Å². The van der Waals surface area contributed by atoms with Gasteiger partial charge in [-0.15, -0.1) is 0 Å². The molecule has 8 heteroatoms. The number of aromatic nitrogens is 2. The van der Waals surface area contributed by atoms with E-state index in [2.05, 4.69) is 20.6 Å². The maximum Gasteiger partial charge on any atom is 0.328 e. The van der Waals surface area contributed by atoms with Crippen LogP contribution in [0.4, 0.5) is 0 Å². The monoisotopic (exact) mass is 372 g/mol. The van der Waals surface area contributed by atoms with Gasteiger partial charge in [-0.3, -0.25) is 9.59 Å². The molecule has 27 heavy (non-hydrogen) atoms. The fourth-order valence-corrected chi connectivity index (χ4v) is 2.51. The molecular formula is C19H24N4O4. The number of nitrogens with one attached hydrogen (secondary N) is 3. The van der Waals surface area contributed by atoms with Gasteiger partial charge in [0.1, 0.15) is 18.3 Å². The molecule has 0 fully saturated rings. The molecule has 0 saturated heterocycles. The molecule has 0 aliphatic rings. The number of aromatic amines is 1. The molecule has 0 aliphatic heterocycles. The van der Waals surface area contributed by atoms with E-state index in [1.165, 1.54) is 13.4 Å². The van der Waals surface area contributed by atoms with Crippen LogP contribution in [0.15, 0.2) is 36.7 Å². The van der Waals surface area contributed by atoms with Crippen LogP contribution in [0.3, 0.4) is 0 Å². The van der Waals surface area contributed by atoms with E-state index in [0.29, 0.717) is 6.42 Å². The van der Waals surface area contributed by atoms with Crippen LogP contribution in [0.2, 0.25) is 0 Å². The molecule has 2 rings (SSSR count). The lowest BCUT2D eigenvalue weighted by Crippen LogP contribution is -2.43. The normalized spacial score (nSPS) is 11.7. The topological polar surface area (TPSA) is 113 Å². The summed E-state index contributed by atoms with van der Waals surface area (Å²) in [6.07, 6.45) is 1.66. The number of imidazole rings is 1. The van der Waals surface area contributed by atoms with Crippen molar-refractivity contribution in [1.29, 1.82) is 0 Å². The molecule has 2 aromatic rings. The second-order valence-electron chi connectivity index (χ2n) is 6.45. The number of amides is 2. The van der Waals surface area contributed by atoms with Gasteiger partial charge in [0.25, 0.3) is 11.8 Å². The number of benzene rings is 1. The SMILES string of the molecule is CNC(=O)c1[nH]cnc1C(=O)N[C@@H](CC(C)C)C(=O)OCc1ccccc1. The van der Waals surface area contributed by atoms with Crippen molar-refractivity contribution in [3.8, 4) is 0 Å². The maximum absolute atomic E-state index is 12.5. The predicted octanol–water partition coefficient (Wildman–Crippen LogP) is 1.66. The first-order valence-electron chi connectivity index (χ1n) is 8.69. The minimum atomic E-state index is -0.838. The molecule has 0 spiro atoms. The fourth-order valence-electron chi connectivity index (χ4n) is 2.51. The molecule has 8 nitrogen and oxygen atoms in total. The quantitative estimate of drug-likeness (QED) is 0.610. The van der Waals surface area contributed by atoms with Crippen LogP contribution in [0.25, 0.3) is 0 Å². The number of hydrogen-bond donors (Lipinski definition) is 3. The lowest BCUT2D eigenvalue weighted by molar-refractivity contribution is -0.147. The number of rotatable bonds is 8. The van der Waals surface area contributed by atoms with Crippen molar-refractivity contribution in [2.75, 3.05) is 7.05 Å². The van der Waals surface area contributed by atoms with Crippen LogP contribution in [0.5, 0.6) is 0 Å². The second-order valence-corrected chi connectivity index (χ2v) is 6.45. The Hall–Kier alpha value is -3.16. The minimum Gasteiger partial charge on any atom is -0.459 e. The summed E-state index contributed by atoms with van der Waals surface area (Å²) in [5.41, 5.74) is 0.824. The maximum atomic E-state index is 12.5. The van der Waals surface area contributed by atoms with Gasteiger partial charge in [-0.05, 0) is 17.9 Å². The standard InChI is InChI=1S/C19H24N4O4/c1-12(2)9-14(19(26)27-10-13-7-5-4-6-8-13)23-18(25)16-15(17(24)20-3)21-11-22-16/h4-8,11-12,14H,9-10H2,1-3H3,(H,20,24)(H,21,22)(H,23,25)/t14-/m0/s1. The summed E-state index contributed by atoms with van der Waals surface area (Å²) >= 11 is 0. The van der Waals surface area contributed by atoms with E-state index in [1.807, 2.05) is 44.2 Å². The van der Waals surface area contributed by atoms with E-state index in [4.69, 9.17) is 4.74 Å². The van der Waals surface area contributed by atoms with Gasteiger partial charge in [0.15, 0.2) is 5.69 Å². The number of ether oxygens (including phenoxy) is 1. The Morgan fingerprint density at radius 2 is 1.85 bits per heavy atom. The largest absolute Gasteiger partial charge is 0.459 e. The first-order valence-corrected chi connectivity index (χ1v) is 8.69. The highest BCUT2D eigenvalue weighted by atomic mass is 16.5. The molecule has 1 aromatic carbocycles. The molecule has 1 heterocycles. The third-order valence-electron chi connectivity index (χ3n) is 3.83. The lowest BCUT2D eigenvalue weighted by atomic mass is 10.0. The third-order valence-corrected chi connectivity index (χ3v) is 3.83. The van der Waals surface area contributed by atoms with Crippen LogP contribution in [-0.2, 0) is 16.1 Å². The number of nitrogens with zero attached hydrogens (tertiary/aromatic N) is 1. The van der Waals surface area contributed by atoms with Crippen LogP contribution >= 0.6 is 0 Å². The van der Waals surface area contributed by atoms with Crippen molar-refractivity contribution < 1.29 is 19.1 Å². The van der Waals surface area contributed by atoms with Crippen molar-refractivity contribution in [3.63, 3.8) is 0 Å². The van der Waals surface area contributed by atoms with Crippen LogP contribution in [0.1, 0.15) is 46.8 Å². The minimum absolute atomic E-state index is 0.0379. The summed E-state index contributed by atoms with van der Waals surface area (Å²) in [5.74, 6) is -1.46. The summed E-state index contributed by atoms with van der Waals surface area (Å²) in [6, 6.07) is 8.45. The average Bonchev–Trinajstić information content (AvgIpc) is 3.15. The van der Waals surface area contributed by atoms with E-state index in [-0.39, 0.29) is 23.9 Å². The zero-order valence-corrected chi connectivity index (χ0v) is 15.6. The van der Waals surface area contributed by atoms with Crippen LogP contribution in [0, 0.1) is 5.92 Å². The van der Waals surface area contributed by atoms with Crippen molar-refractivity contribution >= 4 is 17.8 Å². The fraction of sp³-hybridized carbons (Fsp3) is 0.368. The molecule has 0 radical (unpaired) electrons. The van der Waals surface area contributed by atoms with Gasteiger partial charge in [0, 0.05) is 7.05 Å². The zero-order chi connectivity index (χ0) is 19.8. The Balaban J connectivity index is 2.07. The highest BCUT2D eigenvalue weighted by molar-refractivity contribution is 6.05. The first kappa shape index (κ1) is 20.2. The number of esters is 1. The average molecular weight is 372 g/mol. The van der Waals surface area contributed by atoms with Crippen LogP contribution in [-0.4, -0.2) is 40.8 Å². The van der Waals surface area contributed by atoms with Crippen molar-refractivity contribution in [3.05, 3.63) is 53.6 Å². The van der Waals surface area contributed by atoms with Gasteiger partial charge in [-0.1, -0.05) is 44.2 Å². The van der Waals surface area contributed by atoms with Crippen LogP contribution < -0.4 is 10.6 Å². The summed E-state index contributed by atoms with van der Waals surface area (Å²) in [7, 11) is 1.45. The second kappa shape index (κ2) is 9.51. The molecule has 0 unspecified atom stereocenters. The predicted molar refractivity (Wildman–Crippen MR) is 98.9 cm³/mol. The van der Waals surface area contributed by atoms with Gasteiger partial charge in [0.05, 0.1) is 6.33 Å². The highest BCUT2D eigenvalue weighted by Crippen LogP contribution is 2.11. The summed E-state index contributed by atoms with van der Waals surface area (Å²) in [5, 5.41) is 5.06. The molecule has 2 amide bonds. The Kier molecular flexibility index (Phi) is 7.10. The van der Waals surface area contributed by atoms with Gasteiger partial charge in [-0.25, -0.2) is 9.78 Å². The Bertz CT molecular complexity index is 786. The first-order chi connectivity index (χ1) is 12.9. The molecular weight excluding hydrogens is 348 g/mol. The van der Waals surface area contributed by atoms with Crippen molar-refractivity contribution in [2.45, 2.75) is 32.9 Å². The number of H-pyrrole nitrogens is 1. The lowest BCUT2D eigenvalue weighted by Gasteiger charge is -2.19. The summed E-state index contributed by atoms with van der Waals surface area (Å²) in [6.45, 7) is 4.00. The van der Waals surface area contributed by atoms with Crippen molar-refractivity contribution in [1.82, 2.24) is 20.6 Å². The summed E-state index contributed by atoms with van der Waals surface area (Å²) in [4.78, 5) is 43.3. The number of carbonyl (C=O) groups is 3. The number of hydrogen-bond acceptors (Lipinski definition) is 5. The zero-order valence-electron chi connectivity index (χ0n) is 15.6. The Morgan fingerprint density at radius 1 is 1.15 bits per heavy atom. The molecule has 144 valence electrons. The van der Waals surface area contributed by atoms with E-state index < -0.39 is 23.8 Å². The molecule has 0 bridgehead atoms. The smallest absolute Gasteiger partial charge is 0.328 e. The molecule has 1 aromatic heterocycles. The molecule has 3 N–H and O–H groups in total. The Labute approximate surface area is 157 Å². The van der Waals surface area contributed by atoms with Gasteiger partial charge >= 0.3 is 5.97 Å². The van der Waals surface area contributed by atoms with E-state index in [9.17, 15) is 14.4 Å². The van der Waals surface area contributed by atoms with Gasteiger partial charge < -0.3 is 20.4 Å². The summed E-state index contributed by atoms with van der Waals surface area (Å²) < 4.78 is 5.35. The van der Waals surface area contributed by atoms with E-state index >= 15 is 0 Å². The highest BCUT2D eigenvalue weighted by Gasteiger charge is 2.27. The van der Waals surface area contributed by atoms with E-state index in [0.717, 1.165) is 5.56 Å². The third kappa shape index (κ3) is 5.67. The Morgan fingerprint density at radius 3 is 2.48 bits per heavy atom. The van der Waals surface area contributed by atoms with E-state index in [1.54, 1.807) is 0 Å². The van der Waals surface area contributed by atoms with Gasteiger partial charge in [0.2, 0.25) is 0 Å². The number of carbonyl (C=O) groups excluding carboxylic acids is 3. The molecule has 1 atom stereocenters.